The molecule has 4 heteroatoms. The summed E-state index contributed by atoms with van der Waals surface area (Å²) in [5.74, 6) is 1.04. The average molecular weight is 530 g/mol. The van der Waals surface area contributed by atoms with Crippen LogP contribution in [0, 0.1) is 18.8 Å². The standard InChI is InChI=1S/C36H39N3O/c1-3-25(18-26-10-5-4-6-11-26)19-28-21-30(16-17-32(28)36(37)40)39-23-24(2)35-31(13-9-15-34(35)39)29-20-27-12-7-8-14-33(27)38-22-29/h7-9,12-17,20-23,25-26H,3-6,10-11,18-19H2,1-2H3,(H2,37,40). The van der Waals surface area contributed by atoms with Crippen LogP contribution in [0.25, 0.3) is 38.6 Å². The fraction of sp³-hybridized carbons (Fsp3) is 0.333. The molecule has 1 amide bonds. The van der Waals surface area contributed by atoms with Crippen molar-refractivity contribution in [3.05, 3.63) is 95.8 Å². The molecule has 5 aromatic rings. The SMILES string of the molecule is CCC(Cc1cc(-n2cc(C)c3c(-c4cnc5ccccc5c4)cccc32)ccc1C(N)=O)CC1CCCCC1. The lowest BCUT2D eigenvalue weighted by Gasteiger charge is -2.26. The van der Waals surface area contributed by atoms with Gasteiger partial charge in [-0.15, -0.1) is 0 Å². The third-order valence-electron chi connectivity index (χ3n) is 9.03. The number of pyridine rings is 1. The van der Waals surface area contributed by atoms with Gasteiger partial charge in [0.2, 0.25) is 5.91 Å². The molecule has 1 aliphatic rings. The zero-order valence-electron chi connectivity index (χ0n) is 23.7. The summed E-state index contributed by atoms with van der Waals surface area (Å²) in [6.07, 6.45) is 14.2. The van der Waals surface area contributed by atoms with Crippen LogP contribution >= 0.6 is 0 Å². The van der Waals surface area contributed by atoms with Crippen LogP contribution in [0.1, 0.15) is 73.4 Å². The molecule has 4 nitrogen and oxygen atoms in total. The number of aryl methyl sites for hydroxylation is 1. The number of hydrogen-bond acceptors (Lipinski definition) is 2. The Morgan fingerprint density at radius 3 is 2.65 bits per heavy atom. The largest absolute Gasteiger partial charge is 0.366 e. The molecule has 0 bridgehead atoms. The highest BCUT2D eigenvalue weighted by atomic mass is 16.1. The smallest absolute Gasteiger partial charge is 0.248 e. The number of amides is 1. The third-order valence-corrected chi connectivity index (χ3v) is 9.03. The van der Waals surface area contributed by atoms with Gasteiger partial charge in [-0.3, -0.25) is 9.78 Å². The number of para-hydroxylation sites is 1. The van der Waals surface area contributed by atoms with Crippen molar-refractivity contribution >= 4 is 27.7 Å². The molecule has 204 valence electrons. The van der Waals surface area contributed by atoms with Crippen molar-refractivity contribution in [2.24, 2.45) is 17.6 Å². The van der Waals surface area contributed by atoms with E-state index in [1.165, 1.54) is 55.0 Å². The molecular formula is C36H39N3O. The molecule has 0 aliphatic heterocycles. The van der Waals surface area contributed by atoms with Crippen LogP contribution in [0.2, 0.25) is 0 Å². The molecular weight excluding hydrogens is 490 g/mol. The van der Waals surface area contributed by atoms with Gasteiger partial charge < -0.3 is 10.3 Å². The number of aromatic nitrogens is 2. The van der Waals surface area contributed by atoms with E-state index < -0.39 is 0 Å². The lowest BCUT2D eigenvalue weighted by Crippen LogP contribution is -2.18. The monoisotopic (exact) mass is 529 g/mol. The lowest BCUT2D eigenvalue weighted by atomic mass is 9.79. The molecule has 1 fully saturated rings. The van der Waals surface area contributed by atoms with E-state index in [1.807, 2.05) is 30.5 Å². The summed E-state index contributed by atoms with van der Waals surface area (Å²) >= 11 is 0. The van der Waals surface area contributed by atoms with Crippen LogP contribution in [0.3, 0.4) is 0 Å². The molecule has 2 aromatic heterocycles. The van der Waals surface area contributed by atoms with Gasteiger partial charge >= 0.3 is 0 Å². The molecule has 1 unspecified atom stereocenters. The van der Waals surface area contributed by atoms with E-state index in [0.29, 0.717) is 11.5 Å². The molecule has 2 heterocycles. The second-order valence-electron chi connectivity index (χ2n) is 11.7. The quantitative estimate of drug-likeness (QED) is 0.218. The molecule has 0 saturated heterocycles. The Labute approximate surface area is 237 Å². The van der Waals surface area contributed by atoms with E-state index in [0.717, 1.165) is 52.0 Å². The van der Waals surface area contributed by atoms with Gasteiger partial charge in [0.05, 0.1) is 11.0 Å². The molecule has 2 N–H and O–H groups in total. The summed E-state index contributed by atoms with van der Waals surface area (Å²) < 4.78 is 2.26. The van der Waals surface area contributed by atoms with Crippen LogP contribution in [0.15, 0.2) is 79.1 Å². The second kappa shape index (κ2) is 11.3. The number of carbonyl (C=O) groups is 1. The Bertz CT molecular complexity index is 1670. The fourth-order valence-corrected chi connectivity index (χ4v) is 6.89. The molecule has 0 spiro atoms. The summed E-state index contributed by atoms with van der Waals surface area (Å²) in [6, 6.07) is 23.1. The maximum atomic E-state index is 12.5. The Kier molecular flexibility index (Phi) is 7.42. The van der Waals surface area contributed by atoms with Crippen molar-refractivity contribution < 1.29 is 4.79 Å². The van der Waals surface area contributed by atoms with Crippen molar-refractivity contribution in [1.29, 1.82) is 0 Å². The van der Waals surface area contributed by atoms with E-state index in [4.69, 9.17) is 10.7 Å². The predicted molar refractivity (Wildman–Crippen MR) is 166 cm³/mol. The molecule has 40 heavy (non-hydrogen) atoms. The maximum absolute atomic E-state index is 12.5. The number of nitrogens with two attached hydrogens (primary N) is 1. The Morgan fingerprint density at radius 1 is 1.02 bits per heavy atom. The van der Waals surface area contributed by atoms with Crippen LogP contribution in [-0.4, -0.2) is 15.5 Å². The lowest BCUT2D eigenvalue weighted by molar-refractivity contribution is 0.0999. The number of carbonyl (C=O) groups excluding carboxylic acids is 1. The number of primary amides is 1. The maximum Gasteiger partial charge on any atom is 0.248 e. The summed E-state index contributed by atoms with van der Waals surface area (Å²) in [6.45, 7) is 4.46. The number of rotatable bonds is 8. The van der Waals surface area contributed by atoms with Crippen molar-refractivity contribution in [2.45, 2.75) is 65.2 Å². The summed E-state index contributed by atoms with van der Waals surface area (Å²) in [7, 11) is 0. The average Bonchev–Trinajstić information content (AvgIpc) is 3.33. The van der Waals surface area contributed by atoms with Gasteiger partial charge in [0.25, 0.3) is 0 Å². The highest BCUT2D eigenvalue weighted by Crippen LogP contribution is 2.36. The third kappa shape index (κ3) is 5.15. The van der Waals surface area contributed by atoms with Crippen molar-refractivity contribution in [3.8, 4) is 16.8 Å². The van der Waals surface area contributed by atoms with E-state index in [2.05, 4.69) is 67.1 Å². The first kappa shape index (κ1) is 26.3. The molecule has 1 saturated carbocycles. The zero-order chi connectivity index (χ0) is 27.6. The first-order chi connectivity index (χ1) is 19.5. The molecule has 6 rings (SSSR count). The van der Waals surface area contributed by atoms with Crippen molar-refractivity contribution in [3.63, 3.8) is 0 Å². The number of hydrogen-bond donors (Lipinski definition) is 1. The minimum absolute atomic E-state index is 0.339. The van der Waals surface area contributed by atoms with Gasteiger partial charge in [0.1, 0.15) is 0 Å². The number of fused-ring (bicyclic) bond motifs is 2. The zero-order valence-corrected chi connectivity index (χ0v) is 23.7. The van der Waals surface area contributed by atoms with Crippen molar-refractivity contribution in [2.75, 3.05) is 0 Å². The van der Waals surface area contributed by atoms with Crippen LogP contribution in [0.4, 0.5) is 0 Å². The van der Waals surface area contributed by atoms with Crippen LogP contribution in [0.5, 0.6) is 0 Å². The Morgan fingerprint density at radius 2 is 1.85 bits per heavy atom. The van der Waals surface area contributed by atoms with Gasteiger partial charge in [-0.05, 0) is 84.7 Å². The van der Waals surface area contributed by atoms with Crippen LogP contribution < -0.4 is 5.73 Å². The fourth-order valence-electron chi connectivity index (χ4n) is 6.89. The van der Waals surface area contributed by atoms with E-state index in [-0.39, 0.29) is 5.91 Å². The summed E-state index contributed by atoms with van der Waals surface area (Å²) in [4.78, 5) is 17.2. The molecule has 1 aliphatic carbocycles. The number of nitrogens with zero attached hydrogens (tertiary/aromatic N) is 2. The van der Waals surface area contributed by atoms with Crippen molar-refractivity contribution in [1.82, 2.24) is 9.55 Å². The summed E-state index contributed by atoms with van der Waals surface area (Å²) in [5.41, 5.74) is 14.3. The van der Waals surface area contributed by atoms with Gasteiger partial charge in [0, 0.05) is 40.0 Å². The van der Waals surface area contributed by atoms with E-state index >= 15 is 0 Å². The van der Waals surface area contributed by atoms with Gasteiger partial charge in [-0.2, -0.15) is 0 Å². The normalized spacial score (nSPS) is 15.1. The van der Waals surface area contributed by atoms with Gasteiger partial charge in [0.15, 0.2) is 0 Å². The Balaban J connectivity index is 1.39. The molecule has 3 aromatic carbocycles. The van der Waals surface area contributed by atoms with E-state index in [9.17, 15) is 4.79 Å². The Hall–Kier alpha value is -3.92. The second-order valence-corrected chi connectivity index (χ2v) is 11.7. The number of benzene rings is 3. The van der Waals surface area contributed by atoms with Crippen LogP contribution in [-0.2, 0) is 6.42 Å². The minimum atomic E-state index is -0.339. The predicted octanol–water partition coefficient (Wildman–Crippen LogP) is 8.79. The highest BCUT2D eigenvalue weighted by molar-refractivity contribution is 6.00. The minimum Gasteiger partial charge on any atom is -0.366 e. The molecule has 1 atom stereocenters. The van der Waals surface area contributed by atoms with E-state index in [1.54, 1.807) is 0 Å². The highest BCUT2D eigenvalue weighted by Gasteiger charge is 2.21. The molecule has 0 radical (unpaired) electrons. The summed E-state index contributed by atoms with van der Waals surface area (Å²) in [5, 5.41) is 2.36. The topological polar surface area (TPSA) is 60.9 Å². The van der Waals surface area contributed by atoms with Gasteiger partial charge in [-0.25, -0.2) is 0 Å². The van der Waals surface area contributed by atoms with Gasteiger partial charge in [-0.1, -0.05) is 75.8 Å². The first-order valence-electron chi connectivity index (χ1n) is 14.9. The first-order valence-corrected chi connectivity index (χ1v) is 14.9.